The van der Waals surface area contributed by atoms with Gasteiger partial charge in [-0.1, -0.05) is 56.1 Å². The fourth-order valence-electron chi connectivity index (χ4n) is 6.57. The van der Waals surface area contributed by atoms with Gasteiger partial charge in [0.25, 0.3) is 5.91 Å². The fourth-order valence-corrected chi connectivity index (χ4v) is 8.96. The van der Waals surface area contributed by atoms with Gasteiger partial charge >= 0.3 is 12.2 Å². The number of fused-ring (bicyclic) bond motifs is 2. The van der Waals surface area contributed by atoms with E-state index in [0.717, 1.165) is 47.5 Å². The van der Waals surface area contributed by atoms with Gasteiger partial charge in [0.15, 0.2) is 8.32 Å². The molecule has 1 aromatic carbocycles. The van der Waals surface area contributed by atoms with E-state index in [4.69, 9.17) is 42.1 Å². The molecule has 0 radical (unpaired) electrons. The molecular formula is C40H58Cl2N4O6SSi. The van der Waals surface area contributed by atoms with Crippen molar-refractivity contribution in [3.8, 4) is 0 Å². The molecule has 2 unspecified atom stereocenters. The molecule has 2 bridgehead atoms. The number of aryl methyl sites for hydroxylation is 1. The molecule has 3 heterocycles. The molecule has 2 aliphatic heterocycles. The summed E-state index contributed by atoms with van der Waals surface area (Å²) in [7, 11) is -1.87. The first kappa shape index (κ1) is 42.5. The van der Waals surface area contributed by atoms with Crippen LogP contribution in [0.5, 0.6) is 0 Å². The van der Waals surface area contributed by atoms with E-state index in [2.05, 4.69) is 39.2 Å². The summed E-state index contributed by atoms with van der Waals surface area (Å²) in [6, 6.07) is 4.15. The summed E-state index contributed by atoms with van der Waals surface area (Å²) in [4.78, 5) is 53.2. The lowest BCUT2D eigenvalue weighted by Crippen LogP contribution is -2.66. The molecular weight excluding hydrogens is 764 g/mol. The van der Waals surface area contributed by atoms with Gasteiger partial charge in [0.1, 0.15) is 16.2 Å². The summed E-state index contributed by atoms with van der Waals surface area (Å²) in [5, 5.41) is 3.76. The van der Waals surface area contributed by atoms with Crippen LogP contribution in [0, 0.1) is 0 Å². The Balaban J connectivity index is 1.56. The molecule has 10 nitrogen and oxygen atoms in total. The molecule has 54 heavy (non-hydrogen) atoms. The van der Waals surface area contributed by atoms with Crippen molar-refractivity contribution >= 4 is 66.5 Å². The molecule has 3 aliphatic rings. The van der Waals surface area contributed by atoms with E-state index in [1.807, 2.05) is 58.6 Å². The van der Waals surface area contributed by atoms with Gasteiger partial charge in [-0.2, -0.15) is 0 Å². The highest BCUT2D eigenvalue weighted by molar-refractivity contribution is 7.10. The molecule has 14 heteroatoms. The third-order valence-corrected chi connectivity index (χ3v) is 16.8. The van der Waals surface area contributed by atoms with Crippen LogP contribution < -0.4 is 0 Å². The van der Waals surface area contributed by atoms with E-state index in [1.165, 1.54) is 11.3 Å². The van der Waals surface area contributed by atoms with Gasteiger partial charge in [-0.05, 0) is 103 Å². The standard InChI is InChI=1S/C40H58Cl2N4O6SSi/c1-38(2,3)51-36(48)44-22-28-20-29(34-43-26(24-53-34)15-13-19-50-54(10,11)40(7,8)9)32(31(23-44)46(28)37(49)52-39(4,5)6)35(47)45(27-17-18-27)21-25-14-12-16-30(41)33(25)42/h12,14,16,24,27-28,31H,13,15,17-23H2,1-11H3. The molecule has 1 aromatic heterocycles. The average molecular weight is 822 g/mol. The van der Waals surface area contributed by atoms with Crippen LogP contribution >= 0.6 is 34.5 Å². The molecule has 0 spiro atoms. The van der Waals surface area contributed by atoms with Crippen molar-refractivity contribution in [3.63, 3.8) is 0 Å². The first-order chi connectivity index (χ1) is 25.0. The van der Waals surface area contributed by atoms with Crippen molar-refractivity contribution in [1.82, 2.24) is 19.7 Å². The van der Waals surface area contributed by atoms with E-state index < -0.39 is 43.8 Å². The summed E-state index contributed by atoms with van der Waals surface area (Å²) in [5.74, 6) is -0.217. The molecule has 1 saturated heterocycles. The molecule has 1 saturated carbocycles. The Morgan fingerprint density at radius 2 is 1.61 bits per heavy atom. The number of carbonyl (C=O) groups is 3. The van der Waals surface area contributed by atoms with E-state index in [9.17, 15) is 9.59 Å². The molecule has 298 valence electrons. The van der Waals surface area contributed by atoms with Gasteiger partial charge in [0.05, 0.1) is 27.8 Å². The van der Waals surface area contributed by atoms with Crippen molar-refractivity contribution in [3.05, 3.63) is 55.5 Å². The Kier molecular flexibility index (Phi) is 12.7. The van der Waals surface area contributed by atoms with Crippen LogP contribution in [-0.4, -0.2) is 95.1 Å². The summed E-state index contributed by atoms with van der Waals surface area (Å²) in [6.07, 6.45) is 2.57. The number of ether oxygens (including phenoxy) is 2. The summed E-state index contributed by atoms with van der Waals surface area (Å²) >= 11 is 14.6. The quantitative estimate of drug-likeness (QED) is 0.174. The number of nitrogens with zero attached hydrogens (tertiary/aromatic N) is 4. The van der Waals surface area contributed by atoms with Crippen molar-refractivity contribution in [2.75, 3.05) is 19.7 Å². The zero-order valence-corrected chi connectivity index (χ0v) is 37.1. The van der Waals surface area contributed by atoms with Gasteiger partial charge in [0.2, 0.25) is 0 Å². The van der Waals surface area contributed by atoms with Crippen molar-refractivity contribution in [2.45, 2.75) is 148 Å². The van der Waals surface area contributed by atoms with E-state index in [-0.39, 0.29) is 36.6 Å². The third kappa shape index (κ3) is 10.2. The zero-order chi connectivity index (χ0) is 40.0. The highest BCUT2D eigenvalue weighted by atomic mass is 35.5. The zero-order valence-electron chi connectivity index (χ0n) is 33.8. The van der Waals surface area contributed by atoms with Crippen LogP contribution in [0.3, 0.4) is 0 Å². The van der Waals surface area contributed by atoms with Crippen LogP contribution in [0.15, 0.2) is 29.2 Å². The van der Waals surface area contributed by atoms with Gasteiger partial charge in [0, 0.05) is 48.8 Å². The van der Waals surface area contributed by atoms with E-state index >= 15 is 4.79 Å². The lowest BCUT2D eigenvalue weighted by Gasteiger charge is -2.50. The van der Waals surface area contributed by atoms with Crippen LogP contribution in [0.25, 0.3) is 5.57 Å². The second kappa shape index (κ2) is 16.1. The van der Waals surface area contributed by atoms with Gasteiger partial charge in [-0.15, -0.1) is 11.3 Å². The monoisotopic (exact) mass is 820 g/mol. The number of piperazine rings is 1. The molecule has 2 fully saturated rings. The number of amides is 3. The van der Waals surface area contributed by atoms with E-state index in [1.54, 1.807) is 15.9 Å². The van der Waals surface area contributed by atoms with Crippen LogP contribution in [0.1, 0.15) is 104 Å². The van der Waals surface area contributed by atoms with Crippen molar-refractivity contribution in [2.24, 2.45) is 0 Å². The van der Waals surface area contributed by atoms with Crippen molar-refractivity contribution < 1.29 is 28.3 Å². The number of aromatic nitrogens is 1. The minimum atomic E-state index is -1.87. The number of thiazole rings is 1. The Hall–Kier alpha value is -2.64. The van der Waals surface area contributed by atoms with Crippen molar-refractivity contribution in [1.29, 1.82) is 0 Å². The first-order valence-electron chi connectivity index (χ1n) is 19.0. The maximum Gasteiger partial charge on any atom is 0.411 e. The number of hydrogen-bond acceptors (Lipinski definition) is 8. The molecule has 3 amide bonds. The normalized spacial score (nSPS) is 19.6. The first-order valence-corrected chi connectivity index (χ1v) is 23.5. The molecule has 2 atom stereocenters. The topological polar surface area (TPSA) is 102 Å². The van der Waals surface area contributed by atoms with Gasteiger partial charge in [-0.25, -0.2) is 14.6 Å². The Bertz CT molecular complexity index is 1760. The maximum atomic E-state index is 15.3. The minimum absolute atomic E-state index is 0.00713. The Morgan fingerprint density at radius 3 is 2.22 bits per heavy atom. The highest BCUT2D eigenvalue weighted by Gasteiger charge is 2.51. The SMILES string of the molecule is CC(C)(C)OC(=O)N1CC2CC(c3nc(CCCO[Si](C)(C)C(C)(C)C)cs3)=C(C(=O)N(Cc3cccc(Cl)c3Cl)C3CC3)C(C1)N2C(=O)OC(C)(C)C. The largest absolute Gasteiger partial charge is 0.444 e. The second-order valence-electron chi connectivity index (χ2n) is 18.3. The maximum absolute atomic E-state index is 15.3. The highest BCUT2D eigenvalue weighted by Crippen LogP contribution is 2.43. The van der Waals surface area contributed by atoms with Crippen LogP contribution in [0.2, 0.25) is 28.2 Å². The smallest absolute Gasteiger partial charge is 0.411 e. The molecule has 2 aromatic rings. The Morgan fingerprint density at radius 1 is 0.963 bits per heavy atom. The minimum Gasteiger partial charge on any atom is -0.444 e. The van der Waals surface area contributed by atoms with Gasteiger partial charge < -0.3 is 23.7 Å². The average Bonchev–Trinajstić information content (AvgIpc) is 3.77. The lowest BCUT2D eigenvalue weighted by atomic mass is 9.84. The number of rotatable bonds is 10. The summed E-state index contributed by atoms with van der Waals surface area (Å²) in [5.41, 5.74) is 1.42. The van der Waals surface area contributed by atoms with Gasteiger partial charge in [-0.3, -0.25) is 9.69 Å². The molecule has 5 rings (SSSR count). The number of benzene rings is 1. The number of halogens is 2. The Labute approximate surface area is 336 Å². The van der Waals surface area contributed by atoms with Crippen LogP contribution in [-0.2, 0) is 31.7 Å². The number of hydrogen-bond donors (Lipinski definition) is 0. The lowest BCUT2D eigenvalue weighted by molar-refractivity contribution is -0.129. The van der Waals surface area contributed by atoms with Crippen LogP contribution in [0.4, 0.5) is 9.59 Å². The third-order valence-electron chi connectivity index (χ3n) is 10.4. The van der Waals surface area contributed by atoms with E-state index in [0.29, 0.717) is 28.6 Å². The molecule has 1 aliphatic carbocycles. The number of carbonyl (C=O) groups excluding carboxylic acids is 3. The summed E-state index contributed by atoms with van der Waals surface area (Å²) in [6.45, 7) is 23.4. The predicted octanol–water partition coefficient (Wildman–Crippen LogP) is 9.98. The fraction of sp³-hybridized carbons (Fsp3) is 0.650. The summed E-state index contributed by atoms with van der Waals surface area (Å²) < 4.78 is 18.2. The molecule has 0 N–H and O–H groups in total. The predicted molar refractivity (Wildman–Crippen MR) is 219 cm³/mol. The second-order valence-corrected chi connectivity index (χ2v) is 24.7.